The Morgan fingerprint density at radius 1 is 1.17 bits per heavy atom. The molecule has 0 saturated heterocycles. The van der Waals surface area contributed by atoms with Gasteiger partial charge in [-0.2, -0.15) is 0 Å². The maximum atomic E-state index is 9.50. The first-order valence-electron chi connectivity index (χ1n) is 7.75. The maximum Gasteiger partial charge on any atom is 0.0474 e. The third-order valence-corrected chi connectivity index (χ3v) is 5.09. The van der Waals surface area contributed by atoms with Crippen molar-refractivity contribution in [2.45, 2.75) is 69.9 Å². The van der Waals surface area contributed by atoms with Crippen molar-refractivity contribution in [3.8, 4) is 0 Å². The lowest BCUT2D eigenvalue weighted by atomic mass is 9.75. The SMILES string of the molecule is CC(CN)(CC1CCC1)NC1CCCCC1CO. The summed E-state index contributed by atoms with van der Waals surface area (Å²) >= 11 is 0. The summed E-state index contributed by atoms with van der Waals surface area (Å²) in [7, 11) is 0. The molecule has 3 nitrogen and oxygen atoms in total. The highest BCUT2D eigenvalue weighted by atomic mass is 16.3. The third kappa shape index (κ3) is 3.46. The molecule has 2 fully saturated rings. The summed E-state index contributed by atoms with van der Waals surface area (Å²) in [6.45, 7) is 3.30. The largest absolute Gasteiger partial charge is 0.396 e. The van der Waals surface area contributed by atoms with Crippen LogP contribution in [0.4, 0.5) is 0 Å². The van der Waals surface area contributed by atoms with Gasteiger partial charge in [-0.15, -0.1) is 0 Å². The molecule has 0 radical (unpaired) electrons. The van der Waals surface area contributed by atoms with Gasteiger partial charge in [-0.05, 0) is 38.0 Å². The molecule has 2 rings (SSSR count). The van der Waals surface area contributed by atoms with E-state index in [4.69, 9.17) is 5.73 Å². The Morgan fingerprint density at radius 3 is 2.44 bits per heavy atom. The van der Waals surface area contributed by atoms with Crippen molar-refractivity contribution in [3.05, 3.63) is 0 Å². The molecule has 2 aliphatic rings. The van der Waals surface area contributed by atoms with Gasteiger partial charge in [0.2, 0.25) is 0 Å². The topological polar surface area (TPSA) is 58.3 Å². The molecule has 0 aromatic carbocycles. The van der Waals surface area contributed by atoms with Crippen LogP contribution in [0.15, 0.2) is 0 Å². The molecule has 0 heterocycles. The van der Waals surface area contributed by atoms with Crippen LogP contribution in [0.2, 0.25) is 0 Å². The molecule has 0 aromatic heterocycles. The van der Waals surface area contributed by atoms with Gasteiger partial charge < -0.3 is 16.2 Å². The fourth-order valence-electron chi connectivity index (χ4n) is 3.60. The van der Waals surface area contributed by atoms with Crippen LogP contribution in [0.1, 0.15) is 58.3 Å². The first-order chi connectivity index (χ1) is 8.67. The second-order valence-electron chi connectivity index (χ2n) is 6.74. The van der Waals surface area contributed by atoms with Crippen molar-refractivity contribution >= 4 is 0 Å². The Labute approximate surface area is 112 Å². The molecule has 2 saturated carbocycles. The number of nitrogens with one attached hydrogen (secondary N) is 1. The molecule has 3 heteroatoms. The van der Waals surface area contributed by atoms with E-state index in [0.717, 1.165) is 12.3 Å². The summed E-state index contributed by atoms with van der Waals surface area (Å²) in [5.74, 6) is 1.31. The van der Waals surface area contributed by atoms with Crippen molar-refractivity contribution in [3.63, 3.8) is 0 Å². The summed E-state index contributed by atoms with van der Waals surface area (Å²) in [6, 6.07) is 0.470. The van der Waals surface area contributed by atoms with Gasteiger partial charge >= 0.3 is 0 Å². The Morgan fingerprint density at radius 2 is 1.89 bits per heavy atom. The molecule has 0 bridgehead atoms. The maximum absolute atomic E-state index is 9.50. The van der Waals surface area contributed by atoms with Crippen molar-refractivity contribution in [2.24, 2.45) is 17.6 Å². The number of hydrogen-bond acceptors (Lipinski definition) is 3. The number of nitrogens with two attached hydrogens (primary N) is 1. The molecular formula is C15H30N2O. The minimum absolute atomic E-state index is 0.0700. The van der Waals surface area contributed by atoms with Crippen LogP contribution in [0.5, 0.6) is 0 Å². The zero-order valence-electron chi connectivity index (χ0n) is 11.8. The van der Waals surface area contributed by atoms with E-state index in [1.54, 1.807) is 0 Å². The van der Waals surface area contributed by atoms with Crippen LogP contribution >= 0.6 is 0 Å². The normalized spacial score (nSPS) is 32.8. The fraction of sp³-hybridized carbons (Fsp3) is 1.00. The molecule has 2 aliphatic carbocycles. The predicted octanol–water partition coefficient (Wildman–Crippen LogP) is 2.03. The summed E-state index contributed by atoms with van der Waals surface area (Å²) < 4.78 is 0. The number of hydrogen-bond donors (Lipinski definition) is 3. The molecule has 0 amide bonds. The first kappa shape index (κ1) is 14.3. The van der Waals surface area contributed by atoms with Crippen LogP contribution in [-0.4, -0.2) is 29.8 Å². The van der Waals surface area contributed by atoms with E-state index in [-0.39, 0.29) is 5.54 Å². The predicted molar refractivity (Wildman–Crippen MR) is 75.4 cm³/mol. The van der Waals surface area contributed by atoms with Gasteiger partial charge in [-0.1, -0.05) is 32.1 Å². The highest BCUT2D eigenvalue weighted by molar-refractivity contribution is 4.94. The zero-order valence-corrected chi connectivity index (χ0v) is 11.8. The van der Waals surface area contributed by atoms with E-state index < -0.39 is 0 Å². The van der Waals surface area contributed by atoms with Crippen molar-refractivity contribution in [1.82, 2.24) is 5.32 Å². The molecule has 3 atom stereocenters. The van der Waals surface area contributed by atoms with E-state index in [0.29, 0.717) is 25.1 Å². The molecular weight excluding hydrogens is 224 g/mol. The van der Waals surface area contributed by atoms with Gasteiger partial charge in [0.15, 0.2) is 0 Å². The Bertz CT molecular complexity index is 255. The van der Waals surface area contributed by atoms with E-state index in [1.165, 1.54) is 44.9 Å². The van der Waals surface area contributed by atoms with Crippen LogP contribution in [0.25, 0.3) is 0 Å². The van der Waals surface area contributed by atoms with Crippen molar-refractivity contribution < 1.29 is 5.11 Å². The Kier molecular flexibility index (Phi) is 5.05. The average molecular weight is 254 g/mol. The van der Waals surface area contributed by atoms with Crippen LogP contribution < -0.4 is 11.1 Å². The van der Waals surface area contributed by atoms with Gasteiger partial charge in [0, 0.05) is 24.7 Å². The zero-order chi connectivity index (χ0) is 13.0. The Balaban J connectivity index is 1.90. The Hall–Kier alpha value is -0.120. The minimum Gasteiger partial charge on any atom is -0.396 e. The smallest absolute Gasteiger partial charge is 0.0474 e. The minimum atomic E-state index is 0.0700. The summed E-state index contributed by atoms with van der Waals surface area (Å²) in [5.41, 5.74) is 6.08. The van der Waals surface area contributed by atoms with Crippen molar-refractivity contribution in [2.75, 3.05) is 13.2 Å². The van der Waals surface area contributed by atoms with E-state index in [2.05, 4.69) is 12.2 Å². The van der Waals surface area contributed by atoms with Crippen molar-refractivity contribution in [1.29, 1.82) is 0 Å². The van der Waals surface area contributed by atoms with Gasteiger partial charge in [-0.25, -0.2) is 0 Å². The summed E-state index contributed by atoms with van der Waals surface area (Å²) in [4.78, 5) is 0. The van der Waals surface area contributed by atoms with Crippen LogP contribution in [0.3, 0.4) is 0 Å². The summed E-state index contributed by atoms with van der Waals surface area (Å²) in [6.07, 6.45) is 10.3. The van der Waals surface area contributed by atoms with E-state index >= 15 is 0 Å². The lowest BCUT2D eigenvalue weighted by Gasteiger charge is -2.42. The lowest BCUT2D eigenvalue weighted by Crippen LogP contribution is -2.57. The highest BCUT2D eigenvalue weighted by Crippen LogP contribution is 2.34. The molecule has 3 unspecified atom stereocenters. The third-order valence-electron chi connectivity index (χ3n) is 5.09. The first-order valence-corrected chi connectivity index (χ1v) is 7.75. The second-order valence-corrected chi connectivity index (χ2v) is 6.74. The summed E-state index contributed by atoms with van der Waals surface area (Å²) in [5, 5.41) is 13.3. The lowest BCUT2D eigenvalue weighted by molar-refractivity contribution is 0.115. The number of aliphatic hydroxyl groups excluding tert-OH is 1. The average Bonchev–Trinajstić information content (AvgIpc) is 2.35. The molecule has 18 heavy (non-hydrogen) atoms. The molecule has 0 aromatic rings. The molecule has 0 aliphatic heterocycles. The van der Waals surface area contributed by atoms with E-state index in [9.17, 15) is 5.11 Å². The monoisotopic (exact) mass is 254 g/mol. The quantitative estimate of drug-likeness (QED) is 0.680. The van der Waals surface area contributed by atoms with Crippen LogP contribution in [-0.2, 0) is 0 Å². The fourth-order valence-corrected chi connectivity index (χ4v) is 3.60. The second kappa shape index (κ2) is 6.36. The molecule has 106 valence electrons. The van der Waals surface area contributed by atoms with Crippen LogP contribution in [0, 0.1) is 11.8 Å². The number of rotatable bonds is 6. The standard InChI is InChI=1S/C15H30N2O/c1-15(11-16,9-12-5-4-6-12)17-14-8-3-2-7-13(14)10-18/h12-14,17-18H,2-11,16H2,1H3. The van der Waals surface area contributed by atoms with Gasteiger partial charge in [0.1, 0.15) is 0 Å². The van der Waals surface area contributed by atoms with Gasteiger partial charge in [0.25, 0.3) is 0 Å². The molecule has 4 N–H and O–H groups in total. The molecule has 0 spiro atoms. The van der Waals surface area contributed by atoms with E-state index in [1.807, 2.05) is 0 Å². The highest BCUT2D eigenvalue weighted by Gasteiger charge is 2.34. The van der Waals surface area contributed by atoms with Gasteiger partial charge in [0.05, 0.1) is 0 Å². The van der Waals surface area contributed by atoms with Gasteiger partial charge in [-0.3, -0.25) is 0 Å². The number of aliphatic hydroxyl groups is 1.